The minimum Gasteiger partial charge on any atom is -0.376 e. The average Bonchev–Trinajstić information content (AvgIpc) is 2.04. The summed E-state index contributed by atoms with van der Waals surface area (Å²) < 4.78 is 0. The van der Waals surface area contributed by atoms with Gasteiger partial charge in [0.05, 0.1) is 18.1 Å². The molecule has 0 fully saturated rings. The highest BCUT2D eigenvalue weighted by atomic mass is 15.1. The van der Waals surface area contributed by atoms with E-state index in [1.165, 1.54) is 5.56 Å². The lowest BCUT2D eigenvalue weighted by Gasteiger charge is -2.17. The van der Waals surface area contributed by atoms with Gasteiger partial charge >= 0.3 is 0 Å². The first-order valence-corrected chi connectivity index (χ1v) is 4.11. The molecule has 0 amide bonds. The summed E-state index contributed by atoms with van der Waals surface area (Å²) in [6.45, 7) is 4.31. The zero-order chi connectivity index (χ0) is 9.14. The summed E-state index contributed by atoms with van der Waals surface area (Å²) in [7, 11) is 4.03. The first kappa shape index (κ1) is 8.97. The molecule has 0 atom stereocenters. The van der Waals surface area contributed by atoms with Crippen LogP contribution in [0.15, 0.2) is 12.4 Å². The van der Waals surface area contributed by atoms with Crippen molar-refractivity contribution in [2.45, 2.75) is 19.8 Å². The molecule has 0 unspecified atom stereocenters. The van der Waals surface area contributed by atoms with Gasteiger partial charge in [0.2, 0.25) is 0 Å². The van der Waals surface area contributed by atoms with E-state index in [1.807, 2.05) is 20.3 Å². The third-order valence-electron chi connectivity index (χ3n) is 1.84. The van der Waals surface area contributed by atoms with E-state index in [1.54, 1.807) is 6.20 Å². The SMILES string of the molecule is CC(C)c1cnncc1N(C)C. The van der Waals surface area contributed by atoms with Gasteiger partial charge in [-0.3, -0.25) is 0 Å². The van der Waals surface area contributed by atoms with Crippen molar-refractivity contribution < 1.29 is 0 Å². The van der Waals surface area contributed by atoms with Crippen LogP contribution in [-0.2, 0) is 0 Å². The molecule has 0 aliphatic rings. The van der Waals surface area contributed by atoms with Crippen LogP contribution in [0.4, 0.5) is 5.69 Å². The number of anilines is 1. The molecule has 1 aromatic heterocycles. The third kappa shape index (κ3) is 1.72. The Kier molecular flexibility index (Phi) is 2.63. The van der Waals surface area contributed by atoms with Crippen LogP contribution in [-0.4, -0.2) is 24.3 Å². The molecule has 1 rings (SSSR count). The summed E-state index contributed by atoms with van der Waals surface area (Å²) in [5.41, 5.74) is 2.40. The van der Waals surface area contributed by atoms with Gasteiger partial charge < -0.3 is 4.90 Å². The molecule has 0 aliphatic carbocycles. The summed E-state index contributed by atoms with van der Waals surface area (Å²) in [5.74, 6) is 0.498. The Labute approximate surface area is 73.4 Å². The Hall–Kier alpha value is -1.12. The van der Waals surface area contributed by atoms with Gasteiger partial charge in [0.1, 0.15) is 0 Å². The molecule has 0 saturated heterocycles. The van der Waals surface area contributed by atoms with E-state index in [2.05, 4.69) is 28.9 Å². The lowest BCUT2D eigenvalue weighted by molar-refractivity contribution is 0.832. The number of nitrogens with zero attached hydrogens (tertiary/aromatic N) is 3. The molecule has 0 radical (unpaired) electrons. The highest BCUT2D eigenvalue weighted by Crippen LogP contribution is 2.23. The summed E-state index contributed by atoms with van der Waals surface area (Å²) in [6, 6.07) is 0. The Morgan fingerprint density at radius 2 is 1.75 bits per heavy atom. The van der Waals surface area contributed by atoms with Gasteiger partial charge in [0, 0.05) is 14.1 Å². The second-order valence-corrected chi connectivity index (χ2v) is 3.38. The Bertz CT molecular complexity index is 229. The summed E-state index contributed by atoms with van der Waals surface area (Å²) in [6.07, 6.45) is 3.63. The standard InChI is InChI=1S/C9H15N3/c1-7(2)8-5-10-11-6-9(8)12(3)4/h5-7H,1-4H3. The molecule has 0 aromatic carbocycles. The summed E-state index contributed by atoms with van der Waals surface area (Å²) in [5, 5.41) is 7.73. The highest BCUT2D eigenvalue weighted by Gasteiger charge is 2.07. The first-order chi connectivity index (χ1) is 5.63. The van der Waals surface area contributed by atoms with Crippen LogP contribution in [0.2, 0.25) is 0 Å². The van der Waals surface area contributed by atoms with Gasteiger partial charge in [-0.15, -0.1) is 0 Å². The van der Waals surface area contributed by atoms with Crippen molar-refractivity contribution in [1.82, 2.24) is 10.2 Å². The molecule has 0 spiro atoms. The number of aromatic nitrogens is 2. The van der Waals surface area contributed by atoms with Crippen molar-refractivity contribution in [2.75, 3.05) is 19.0 Å². The van der Waals surface area contributed by atoms with E-state index in [4.69, 9.17) is 0 Å². The predicted octanol–water partition coefficient (Wildman–Crippen LogP) is 1.67. The van der Waals surface area contributed by atoms with E-state index in [0.717, 1.165) is 5.69 Å². The van der Waals surface area contributed by atoms with E-state index in [-0.39, 0.29) is 0 Å². The highest BCUT2D eigenvalue weighted by molar-refractivity contribution is 5.50. The van der Waals surface area contributed by atoms with Crippen LogP contribution in [0.5, 0.6) is 0 Å². The van der Waals surface area contributed by atoms with E-state index in [0.29, 0.717) is 5.92 Å². The Morgan fingerprint density at radius 3 is 2.17 bits per heavy atom. The fraction of sp³-hybridized carbons (Fsp3) is 0.556. The normalized spacial score (nSPS) is 10.4. The van der Waals surface area contributed by atoms with Crippen molar-refractivity contribution in [3.63, 3.8) is 0 Å². The van der Waals surface area contributed by atoms with Crippen LogP contribution >= 0.6 is 0 Å². The van der Waals surface area contributed by atoms with Gasteiger partial charge in [-0.05, 0) is 11.5 Å². The van der Waals surface area contributed by atoms with Gasteiger partial charge in [-0.1, -0.05) is 13.8 Å². The molecule has 66 valence electrons. The molecule has 3 heteroatoms. The molecule has 12 heavy (non-hydrogen) atoms. The average molecular weight is 165 g/mol. The predicted molar refractivity (Wildman–Crippen MR) is 50.4 cm³/mol. The van der Waals surface area contributed by atoms with E-state index in [9.17, 15) is 0 Å². The van der Waals surface area contributed by atoms with Crippen molar-refractivity contribution in [3.8, 4) is 0 Å². The van der Waals surface area contributed by atoms with Crippen LogP contribution in [0, 0.1) is 0 Å². The maximum Gasteiger partial charge on any atom is 0.0732 e. The quantitative estimate of drug-likeness (QED) is 0.667. The minimum atomic E-state index is 0.498. The zero-order valence-electron chi connectivity index (χ0n) is 8.07. The van der Waals surface area contributed by atoms with Crippen LogP contribution < -0.4 is 4.90 Å². The van der Waals surface area contributed by atoms with Crippen molar-refractivity contribution in [2.24, 2.45) is 0 Å². The molecule has 1 aromatic rings. The van der Waals surface area contributed by atoms with Crippen LogP contribution in [0.25, 0.3) is 0 Å². The van der Waals surface area contributed by atoms with E-state index >= 15 is 0 Å². The fourth-order valence-electron chi connectivity index (χ4n) is 1.14. The topological polar surface area (TPSA) is 29.0 Å². The lowest BCUT2D eigenvalue weighted by atomic mass is 10.0. The molecule has 0 bridgehead atoms. The molecule has 0 saturated carbocycles. The Balaban J connectivity index is 3.09. The maximum atomic E-state index is 3.87. The van der Waals surface area contributed by atoms with Crippen LogP contribution in [0.1, 0.15) is 25.3 Å². The smallest absolute Gasteiger partial charge is 0.0732 e. The van der Waals surface area contributed by atoms with Crippen molar-refractivity contribution in [1.29, 1.82) is 0 Å². The second kappa shape index (κ2) is 3.52. The molecular weight excluding hydrogens is 150 g/mol. The van der Waals surface area contributed by atoms with Gasteiger partial charge in [0.15, 0.2) is 0 Å². The molecule has 1 heterocycles. The summed E-state index contributed by atoms with van der Waals surface area (Å²) in [4.78, 5) is 2.06. The monoisotopic (exact) mass is 165 g/mol. The molecule has 0 aliphatic heterocycles. The first-order valence-electron chi connectivity index (χ1n) is 4.11. The molecular formula is C9H15N3. The number of rotatable bonds is 2. The Morgan fingerprint density at radius 1 is 1.17 bits per heavy atom. The third-order valence-corrected chi connectivity index (χ3v) is 1.84. The lowest BCUT2D eigenvalue weighted by Crippen LogP contribution is -2.12. The van der Waals surface area contributed by atoms with Gasteiger partial charge in [0.25, 0.3) is 0 Å². The number of hydrogen-bond acceptors (Lipinski definition) is 3. The van der Waals surface area contributed by atoms with Crippen molar-refractivity contribution in [3.05, 3.63) is 18.0 Å². The zero-order valence-corrected chi connectivity index (χ0v) is 8.07. The largest absolute Gasteiger partial charge is 0.376 e. The van der Waals surface area contributed by atoms with E-state index < -0.39 is 0 Å². The molecule has 0 N–H and O–H groups in total. The second-order valence-electron chi connectivity index (χ2n) is 3.38. The van der Waals surface area contributed by atoms with Gasteiger partial charge in [-0.2, -0.15) is 10.2 Å². The molecule has 3 nitrogen and oxygen atoms in total. The minimum absolute atomic E-state index is 0.498. The summed E-state index contributed by atoms with van der Waals surface area (Å²) >= 11 is 0. The number of hydrogen-bond donors (Lipinski definition) is 0. The maximum absolute atomic E-state index is 3.87. The van der Waals surface area contributed by atoms with Crippen molar-refractivity contribution >= 4 is 5.69 Å². The fourth-order valence-corrected chi connectivity index (χ4v) is 1.14. The van der Waals surface area contributed by atoms with Crippen LogP contribution in [0.3, 0.4) is 0 Å². The van der Waals surface area contributed by atoms with Gasteiger partial charge in [-0.25, -0.2) is 0 Å².